The minimum atomic E-state index is -1.23. The van der Waals surface area contributed by atoms with E-state index in [0.717, 1.165) is 5.56 Å². The van der Waals surface area contributed by atoms with Gasteiger partial charge in [0.2, 0.25) is 17.7 Å². The fourth-order valence-corrected chi connectivity index (χ4v) is 4.06. The number of benzene rings is 1. The largest absolute Gasteiger partial charge is 0.480 e. The number of hydrogen-bond donors (Lipinski definition) is 10. The Morgan fingerprint density at radius 3 is 1.70 bits per heavy atom. The fourth-order valence-electron chi connectivity index (χ4n) is 4.06. The minimum absolute atomic E-state index is 0.0515. The second kappa shape index (κ2) is 20.4. The van der Waals surface area contributed by atoms with Crippen LogP contribution in [0.1, 0.15) is 50.5 Å². The maximum atomic E-state index is 13.4. The lowest BCUT2D eigenvalue weighted by atomic mass is 10.0. The van der Waals surface area contributed by atoms with Crippen LogP contribution in [-0.2, 0) is 25.6 Å². The molecule has 1 aromatic carbocycles. The summed E-state index contributed by atoms with van der Waals surface area (Å²) < 4.78 is 0. The van der Waals surface area contributed by atoms with Crippen molar-refractivity contribution in [2.45, 2.75) is 75.5 Å². The van der Waals surface area contributed by atoms with Crippen LogP contribution in [0.2, 0.25) is 0 Å². The topological polar surface area (TPSA) is 305 Å². The number of carboxylic acids is 1. The molecule has 240 valence electrons. The van der Waals surface area contributed by atoms with Crippen molar-refractivity contribution in [2.24, 2.45) is 44.4 Å². The SMILES string of the molecule is NCCCCC(NC(=O)C(CCCN=C(N)N)NC(=O)C(N)CCCN=C(N)N)C(=O)NC(Cc1ccccc1)C(=O)O. The molecular weight excluding hydrogens is 558 g/mol. The third kappa shape index (κ3) is 16.0. The van der Waals surface area contributed by atoms with Crippen molar-refractivity contribution in [3.8, 4) is 0 Å². The zero-order chi connectivity index (χ0) is 32.2. The molecule has 0 aliphatic rings. The summed E-state index contributed by atoms with van der Waals surface area (Å²) in [5.41, 5.74) is 33.7. The summed E-state index contributed by atoms with van der Waals surface area (Å²) in [4.78, 5) is 59.2. The fraction of sp³-hybridized carbons (Fsp3) is 0.556. The van der Waals surface area contributed by atoms with Crippen LogP contribution in [0.4, 0.5) is 0 Å². The molecule has 0 fully saturated rings. The smallest absolute Gasteiger partial charge is 0.326 e. The van der Waals surface area contributed by atoms with Crippen LogP contribution >= 0.6 is 0 Å². The van der Waals surface area contributed by atoms with Crippen LogP contribution in [0.15, 0.2) is 40.3 Å². The van der Waals surface area contributed by atoms with Gasteiger partial charge in [-0.3, -0.25) is 24.4 Å². The van der Waals surface area contributed by atoms with Gasteiger partial charge in [-0.15, -0.1) is 0 Å². The molecule has 0 aliphatic heterocycles. The molecule has 16 N–H and O–H groups in total. The van der Waals surface area contributed by atoms with E-state index in [1.807, 2.05) is 0 Å². The van der Waals surface area contributed by atoms with Gasteiger partial charge in [-0.2, -0.15) is 0 Å². The molecule has 0 saturated heterocycles. The van der Waals surface area contributed by atoms with Crippen molar-refractivity contribution in [1.82, 2.24) is 16.0 Å². The van der Waals surface area contributed by atoms with Crippen LogP contribution in [-0.4, -0.2) is 84.5 Å². The summed E-state index contributed by atoms with van der Waals surface area (Å²) in [5, 5.41) is 17.6. The maximum absolute atomic E-state index is 13.4. The zero-order valence-corrected chi connectivity index (χ0v) is 24.4. The van der Waals surface area contributed by atoms with Crippen LogP contribution < -0.4 is 50.4 Å². The van der Waals surface area contributed by atoms with E-state index in [9.17, 15) is 24.3 Å². The number of rotatable bonds is 21. The van der Waals surface area contributed by atoms with Crippen molar-refractivity contribution >= 4 is 35.6 Å². The standard InChI is InChI=1S/C27H47N11O5/c28-13-5-4-11-19(24(41)38-21(25(42)43)16-17-8-2-1-3-9-17)37-23(40)20(12-7-15-35-27(32)33)36-22(39)18(29)10-6-14-34-26(30)31/h1-3,8-9,18-21H,4-7,10-16,28-29H2,(H,36,39)(H,37,40)(H,38,41)(H,42,43)(H4,30,31,34)(H4,32,33,35). The molecule has 0 aliphatic carbocycles. The molecule has 1 rings (SSSR count). The number of hydrogen-bond acceptors (Lipinski definition) is 8. The van der Waals surface area contributed by atoms with Gasteiger partial charge in [0.25, 0.3) is 0 Å². The lowest BCUT2D eigenvalue weighted by molar-refractivity contribution is -0.142. The quantitative estimate of drug-likeness (QED) is 0.0391. The number of aliphatic imine (C=N–C) groups is 2. The molecule has 3 amide bonds. The first kappa shape index (κ1) is 36.6. The van der Waals surface area contributed by atoms with Gasteiger partial charge in [0.15, 0.2) is 11.9 Å². The first-order valence-electron chi connectivity index (χ1n) is 14.2. The number of carboxylic acid groups (broad SMARTS) is 1. The molecule has 0 radical (unpaired) electrons. The van der Waals surface area contributed by atoms with Gasteiger partial charge in [0.05, 0.1) is 6.04 Å². The zero-order valence-electron chi connectivity index (χ0n) is 24.4. The summed E-state index contributed by atoms with van der Waals surface area (Å²) in [7, 11) is 0. The minimum Gasteiger partial charge on any atom is -0.480 e. The highest BCUT2D eigenvalue weighted by molar-refractivity contribution is 5.94. The van der Waals surface area contributed by atoms with Gasteiger partial charge in [0, 0.05) is 19.5 Å². The summed E-state index contributed by atoms with van der Waals surface area (Å²) >= 11 is 0. The van der Waals surface area contributed by atoms with Crippen molar-refractivity contribution in [3.63, 3.8) is 0 Å². The van der Waals surface area contributed by atoms with Crippen molar-refractivity contribution in [1.29, 1.82) is 0 Å². The molecule has 16 heteroatoms. The molecule has 0 aromatic heterocycles. The number of carbonyl (C=O) groups is 4. The van der Waals surface area contributed by atoms with Crippen LogP contribution in [0.3, 0.4) is 0 Å². The molecule has 43 heavy (non-hydrogen) atoms. The number of guanidine groups is 2. The first-order chi connectivity index (χ1) is 20.4. The molecule has 1 aromatic rings. The number of amides is 3. The molecule has 0 saturated carbocycles. The van der Waals surface area contributed by atoms with Crippen LogP contribution in [0, 0.1) is 0 Å². The highest BCUT2D eigenvalue weighted by Crippen LogP contribution is 2.08. The Labute approximate surface area is 251 Å². The number of unbranched alkanes of at least 4 members (excludes halogenated alkanes) is 1. The number of nitrogens with two attached hydrogens (primary N) is 6. The predicted molar refractivity (Wildman–Crippen MR) is 164 cm³/mol. The van der Waals surface area contributed by atoms with E-state index in [-0.39, 0.29) is 50.7 Å². The third-order valence-electron chi connectivity index (χ3n) is 6.36. The molecule has 0 heterocycles. The molecule has 0 spiro atoms. The Balaban J connectivity index is 3.03. The number of aliphatic carboxylic acids is 1. The molecule has 4 atom stereocenters. The van der Waals surface area contributed by atoms with Crippen molar-refractivity contribution in [3.05, 3.63) is 35.9 Å². The summed E-state index contributed by atoms with van der Waals surface area (Å²) in [5.74, 6) is -3.31. The van der Waals surface area contributed by atoms with Crippen LogP contribution in [0.25, 0.3) is 0 Å². The Morgan fingerprint density at radius 1 is 0.698 bits per heavy atom. The number of nitrogens with zero attached hydrogens (tertiary/aromatic N) is 2. The molecule has 16 nitrogen and oxygen atoms in total. The highest BCUT2D eigenvalue weighted by Gasteiger charge is 2.30. The van der Waals surface area contributed by atoms with Gasteiger partial charge in [-0.1, -0.05) is 30.3 Å². The lowest BCUT2D eigenvalue weighted by Gasteiger charge is -2.25. The van der Waals surface area contributed by atoms with E-state index < -0.39 is 47.9 Å². The summed E-state index contributed by atoms with van der Waals surface area (Å²) in [6.45, 7) is 0.859. The maximum Gasteiger partial charge on any atom is 0.326 e. The molecule has 0 bridgehead atoms. The van der Waals surface area contributed by atoms with E-state index >= 15 is 0 Å². The average molecular weight is 606 g/mol. The van der Waals surface area contributed by atoms with E-state index in [0.29, 0.717) is 32.2 Å². The van der Waals surface area contributed by atoms with E-state index in [1.165, 1.54) is 0 Å². The third-order valence-corrected chi connectivity index (χ3v) is 6.36. The predicted octanol–water partition coefficient (Wildman–Crippen LogP) is -2.67. The normalized spacial score (nSPS) is 13.4. The molecular formula is C27H47N11O5. The highest BCUT2D eigenvalue weighted by atomic mass is 16.4. The van der Waals surface area contributed by atoms with Gasteiger partial charge in [0.1, 0.15) is 18.1 Å². The van der Waals surface area contributed by atoms with Gasteiger partial charge in [-0.05, 0) is 57.1 Å². The second-order valence-electron chi connectivity index (χ2n) is 10.0. The number of carbonyl (C=O) groups excluding carboxylic acids is 3. The van der Waals surface area contributed by atoms with Crippen LogP contribution in [0.5, 0.6) is 0 Å². The van der Waals surface area contributed by atoms with E-state index in [1.54, 1.807) is 30.3 Å². The van der Waals surface area contributed by atoms with Crippen molar-refractivity contribution in [2.75, 3.05) is 19.6 Å². The Bertz CT molecular complexity index is 1080. The lowest BCUT2D eigenvalue weighted by Crippen LogP contribution is -2.57. The number of nitrogens with one attached hydrogen (secondary N) is 3. The van der Waals surface area contributed by atoms with E-state index in [2.05, 4.69) is 25.9 Å². The van der Waals surface area contributed by atoms with Crippen molar-refractivity contribution < 1.29 is 24.3 Å². The van der Waals surface area contributed by atoms with Gasteiger partial charge >= 0.3 is 5.97 Å². The Kier molecular flexibility index (Phi) is 17.4. The monoisotopic (exact) mass is 605 g/mol. The second-order valence-corrected chi connectivity index (χ2v) is 10.0. The Hall–Kier alpha value is -4.44. The average Bonchev–Trinajstić information content (AvgIpc) is 2.95. The van der Waals surface area contributed by atoms with Gasteiger partial charge < -0.3 is 55.5 Å². The molecule has 4 unspecified atom stereocenters. The van der Waals surface area contributed by atoms with Gasteiger partial charge in [-0.25, -0.2) is 4.79 Å². The summed E-state index contributed by atoms with van der Waals surface area (Å²) in [6, 6.07) is 4.51. The van der Waals surface area contributed by atoms with E-state index in [4.69, 9.17) is 34.4 Å². The Morgan fingerprint density at radius 2 is 1.19 bits per heavy atom. The summed E-state index contributed by atoms with van der Waals surface area (Å²) in [6.07, 6.45) is 2.49. The first-order valence-corrected chi connectivity index (χ1v) is 14.2.